The second kappa shape index (κ2) is 5.53. The van der Waals surface area contributed by atoms with Gasteiger partial charge in [0, 0.05) is 0 Å². The maximum Gasteiger partial charge on any atom is 0.310 e. The number of esters is 1. The third kappa shape index (κ3) is 3.18. The number of nitrogens with zero attached hydrogens (tertiary/aromatic N) is 3. The normalized spacial score (nSPS) is 22.8. The second-order valence-electron chi connectivity index (χ2n) is 7.12. The molecule has 7 heteroatoms. The first-order valence-electron chi connectivity index (χ1n) is 7.29. The van der Waals surface area contributed by atoms with E-state index in [9.17, 15) is 4.79 Å². The minimum Gasteiger partial charge on any atom is -0.469 e. The predicted molar refractivity (Wildman–Crippen MR) is 81.2 cm³/mol. The first-order valence-corrected chi connectivity index (χ1v) is 10.2. The molecule has 1 aromatic heterocycles. The Balaban J connectivity index is 2.25. The lowest BCUT2D eigenvalue weighted by Crippen LogP contribution is -2.44. The van der Waals surface area contributed by atoms with E-state index in [0.717, 1.165) is 5.82 Å². The highest BCUT2D eigenvalue weighted by Crippen LogP contribution is 2.42. The summed E-state index contributed by atoms with van der Waals surface area (Å²) in [7, 11) is -0.522. The average Bonchev–Trinajstić information content (AvgIpc) is 2.84. The summed E-state index contributed by atoms with van der Waals surface area (Å²) in [4.78, 5) is 16.2. The quantitative estimate of drug-likeness (QED) is 0.634. The van der Waals surface area contributed by atoms with E-state index in [0.29, 0.717) is 13.0 Å². The molecular formula is C14H25N3O3Si. The van der Waals surface area contributed by atoms with Crippen molar-refractivity contribution in [2.24, 2.45) is 5.92 Å². The molecule has 0 bridgehead atoms. The van der Waals surface area contributed by atoms with Crippen LogP contribution < -0.4 is 0 Å². The number of hydrogen-bond donors (Lipinski definition) is 0. The molecule has 6 nitrogen and oxygen atoms in total. The zero-order valence-electron chi connectivity index (χ0n) is 13.7. The third-order valence-electron chi connectivity index (χ3n) is 4.60. The van der Waals surface area contributed by atoms with Gasteiger partial charge in [-0.1, -0.05) is 20.8 Å². The topological polar surface area (TPSA) is 66.2 Å². The lowest BCUT2D eigenvalue weighted by Gasteiger charge is -2.40. The lowest BCUT2D eigenvalue weighted by molar-refractivity contribution is -0.148. The molecule has 0 N–H and O–H groups in total. The summed E-state index contributed by atoms with van der Waals surface area (Å²) in [5.41, 5.74) is 0. The van der Waals surface area contributed by atoms with Crippen LogP contribution in [0.4, 0.5) is 0 Å². The number of rotatable bonds is 3. The van der Waals surface area contributed by atoms with Crippen molar-refractivity contribution in [1.82, 2.24) is 14.8 Å². The molecule has 1 aromatic rings. The van der Waals surface area contributed by atoms with E-state index in [1.54, 1.807) is 4.68 Å². The summed E-state index contributed by atoms with van der Waals surface area (Å²) in [6, 6.07) is 0. The third-order valence-corrected chi connectivity index (χ3v) is 9.09. The smallest absolute Gasteiger partial charge is 0.310 e. The number of ether oxygens (including phenoxy) is 1. The van der Waals surface area contributed by atoms with Crippen LogP contribution in [0.15, 0.2) is 6.33 Å². The Morgan fingerprint density at radius 3 is 2.67 bits per heavy atom. The van der Waals surface area contributed by atoms with Gasteiger partial charge in [-0.15, -0.1) is 0 Å². The van der Waals surface area contributed by atoms with E-state index in [1.807, 2.05) is 0 Å². The first-order chi connectivity index (χ1) is 9.65. The molecule has 2 atom stereocenters. The molecule has 1 aliphatic rings. The maximum absolute atomic E-state index is 11.9. The summed E-state index contributed by atoms with van der Waals surface area (Å²) in [5, 5.41) is 4.31. The second-order valence-corrected chi connectivity index (χ2v) is 11.9. The highest BCUT2D eigenvalue weighted by Gasteiger charge is 2.43. The van der Waals surface area contributed by atoms with Crippen LogP contribution in [0, 0.1) is 5.92 Å². The highest BCUT2D eigenvalue weighted by atomic mass is 28.4. The van der Waals surface area contributed by atoms with Crippen molar-refractivity contribution in [2.75, 3.05) is 7.11 Å². The standard InChI is InChI=1S/C14H25N3O3Si/c1-14(2,3)21(5,6)20-11-7-10(13(18)19-4)8-17-12(11)15-9-16-17/h9-11H,7-8H2,1-6H3. The van der Waals surface area contributed by atoms with E-state index < -0.39 is 8.32 Å². The van der Waals surface area contributed by atoms with Gasteiger partial charge in [0.05, 0.1) is 19.6 Å². The summed E-state index contributed by atoms with van der Waals surface area (Å²) >= 11 is 0. The van der Waals surface area contributed by atoms with E-state index in [1.165, 1.54) is 13.4 Å². The number of carbonyl (C=O) groups is 1. The van der Waals surface area contributed by atoms with E-state index in [2.05, 4.69) is 43.9 Å². The molecule has 1 aliphatic heterocycles. The van der Waals surface area contributed by atoms with Crippen LogP contribution >= 0.6 is 0 Å². The zero-order valence-corrected chi connectivity index (χ0v) is 14.7. The lowest BCUT2D eigenvalue weighted by atomic mass is 9.98. The fourth-order valence-electron chi connectivity index (χ4n) is 2.28. The van der Waals surface area contributed by atoms with Crippen molar-refractivity contribution in [2.45, 2.75) is 58.0 Å². The van der Waals surface area contributed by atoms with Gasteiger partial charge in [0.25, 0.3) is 0 Å². The molecule has 0 aliphatic carbocycles. The van der Waals surface area contributed by atoms with Crippen LogP contribution in [-0.4, -0.2) is 36.2 Å². The molecule has 118 valence electrons. The van der Waals surface area contributed by atoms with Crippen LogP contribution in [0.2, 0.25) is 18.1 Å². The predicted octanol–water partition coefficient (Wildman–Crippen LogP) is 2.53. The molecule has 2 unspecified atom stereocenters. The molecule has 0 spiro atoms. The number of carbonyl (C=O) groups excluding carboxylic acids is 1. The summed E-state index contributed by atoms with van der Waals surface area (Å²) in [6.07, 6.45) is 1.95. The fourth-order valence-corrected chi connectivity index (χ4v) is 3.55. The SMILES string of the molecule is COC(=O)C1CC(O[Si](C)(C)C(C)(C)C)c2ncnn2C1. The minimum absolute atomic E-state index is 0.107. The van der Waals surface area contributed by atoms with Gasteiger partial charge in [-0.2, -0.15) is 5.10 Å². The van der Waals surface area contributed by atoms with Crippen molar-refractivity contribution in [3.63, 3.8) is 0 Å². The summed E-state index contributed by atoms with van der Waals surface area (Å²) in [5.74, 6) is 0.388. The van der Waals surface area contributed by atoms with Gasteiger partial charge in [-0.3, -0.25) is 4.79 Å². The fraction of sp³-hybridized carbons (Fsp3) is 0.786. The number of hydrogen-bond acceptors (Lipinski definition) is 5. The van der Waals surface area contributed by atoms with E-state index in [4.69, 9.17) is 9.16 Å². The van der Waals surface area contributed by atoms with Gasteiger partial charge in [0.15, 0.2) is 14.1 Å². The number of fused-ring (bicyclic) bond motifs is 1. The largest absolute Gasteiger partial charge is 0.469 e. The van der Waals surface area contributed by atoms with E-state index >= 15 is 0 Å². The minimum atomic E-state index is -1.94. The maximum atomic E-state index is 11.9. The molecule has 0 radical (unpaired) electrons. The number of methoxy groups -OCH3 is 1. The first kappa shape index (κ1) is 16.2. The molecule has 2 heterocycles. The van der Waals surface area contributed by atoms with Crippen molar-refractivity contribution < 1.29 is 14.0 Å². The Hall–Kier alpha value is -1.21. The van der Waals surface area contributed by atoms with Gasteiger partial charge in [0.1, 0.15) is 12.4 Å². The monoisotopic (exact) mass is 311 g/mol. The highest BCUT2D eigenvalue weighted by molar-refractivity contribution is 6.74. The summed E-state index contributed by atoms with van der Waals surface area (Å²) in [6.45, 7) is 11.5. The Morgan fingerprint density at radius 1 is 1.43 bits per heavy atom. The van der Waals surface area contributed by atoms with E-state index in [-0.39, 0.29) is 23.0 Å². The van der Waals surface area contributed by atoms with Crippen LogP contribution in [0.25, 0.3) is 0 Å². The van der Waals surface area contributed by atoms with Gasteiger partial charge in [-0.25, -0.2) is 9.67 Å². The molecule has 21 heavy (non-hydrogen) atoms. The molecule has 0 fully saturated rings. The van der Waals surface area contributed by atoms with Gasteiger partial charge in [0.2, 0.25) is 0 Å². The zero-order chi connectivity index (χ0) is 15.8. The van der Waals surface area contributed by atoms with Crippen molar-refractivity contribution in [3.05, 3.63) is 12.2 Å². The van der Waals surface area contributed by atoms with Crippen molar-refractivity contribution in [1.29, 1.82) is 0 Å². The molecule has 2 rings (SSSR count). The summed E-state index contributed by atoms with van der Waals surface area (Å²) < 4.78 is 13.1. The Labute approximate surface area is 127 Å². The molecule has 0 aromatic carbocycles. The molecule has 0 amide bonds. The Kier molecular flexibility index (Phi) is 4.26. The van der Waals surface area contributed by atoms with Crippen LogP contribution in [0.3, 0.4) is 0 Å². The van der Waals surface area contributed by atoms with Crippen LogP contribution in [0.1, 0.15) is 39.1 Å². The van der Waals surface area contributed by atoms with Gasteiger partial charge in [-0.05, 0) is 24.6 Å². The van der Waals surface area contributed by atoms with Gasteiger partial charge < -0.3 is 9.16 Å². The average molecular weight is 311 g/mol. The van der Waals surface area contributed by atoms with Crippen molar-refractivity contribution >= 4 is 14.3 Å². The van der Waals surface area contributed by atoms with Crippen LogP contribution in [-0.2, 0) is 20.5 Å². The van der Waals surface area contributed by atoms with Crippen molar-refractivity contribution in [3.8, 4) is 0 Å². The number of aromatic nitrogens is 3. The van der Waals surface area contributed by atoms with Crippen LogP contribution in [0.5, 0.6) is 0 Å². The Bertz CT molecular complexity index is 522. The van der Waals surface area contributed by atoms with Gasteiger partial charge >= 0.3 is 5.97 Å². The Morgan fingerprint density at radius 2 is 2.10 bits per heavy atom. The molecule has 0 saturated heterocycles. The molecular weight excluding hydrogens is 286 g/mol. The molecule has 0 saturated carbocycles.